The van der Waals surface area contributed by atoms with Crippen LogP contribution in [-0.2, 0) is 9.59 Å². The fourth-order valence-corrected chi connectivity index (χ4v) is 3.67. The minimum Gasteiger partial charge on any atom is -0.457 e. The molecule has 2 amide bonds. The van der Waals surface area contributed by atoms with Gasteiger partial charge in [0.1, 0.15) is 23.0 Å². The van der Waals surface area contributed by atoms with Gasteiger partial charge in [-0.3, -0.25) is 14.9 Å². The number of rotatable bonds is 3. The van der Waals surface area contributed by atoms with Crippen LogP contribution in [0.3, 0.4) is 0 Å². The summed E-state index contributed by atoms with van der Waals surface area (Å²) in [5.41, 5.74) is 1.10. The number of nitrogens with zero attached hydrogens (tertiary/aromatic N) is 1. The van der Waals surface area contributed by atoms with Crippen LogP contribution in [0.5, 0.6) is 11.5 Å². The zero-order chi connectivity index (χ0) is 20.0. The largest absolute Gasteiger partial charge is 0.457 e. The average molecular weight is 390 g/mol. The van der Waals surface area contributed by atoms with Crippen molar-refractivity contribution in [2.75, 3.05) is 0 Å². The summed E-state index contributed by atoms with van der Waals surface area (Å²) in [6, 6.07) is 15.0. The predicted octanol–water partition coefficient (Wildman–Crippen LogP) is 4.43. The highest BCUT2D eigenvalue weighted by molar-refractivity contribution is 6.10. The van der Waals surface area contributed by atoms with Crippen molar-refractivity contribution in [3.8, 4) is 11.5 Å². The van der Waals surface area contributed by atoms with Crippen molar-refractivity contribution in [1.82, 2.24) is 10.5 Å². The summed E-state index contributed by atoms with van der Waals surface area (Å²) in [5, 5.41) is 9.00. The first-order chi connectivity index (χ1) is 14.1. The minimum atomic E-state index is -0.533. The molecule has 6 nitrogen and oxygen atoms in total. The molecule has 2 heterocycles. The summed E-state index contributed by atoms with van der Waals surface area (Å²) in [5.74, 6) is -0.360. The van der Waals surface area contributed by atoms with Gasteiger partial charge in [0, 0.05) is 6.42 Å². The van der Waals surface area contributed by atoms with Gasteiger partial charge < -0.3 is 9.26 Å². The van der Waals surface area contributed by atoms with Gasteiger partial charge in [-0.15, -0.1) is 0 Å². The maximum absolute atomic E-state index is 13.1. The lowest BCUT2D eigenvalue weighted by Gasteiger charge is -2.19. The van der Waals surface area contributed by atoms with E-state index in [1.165, 1.54) is 12.1 Å². The van der Waals surface area contributed by atoms with Gasteiger partial charge in [-0.2, -0.15) is 0 Å². The SMILES string of the molecule is O=C1CC[C@@H](c2noc3ccc4cc(Oc5ccc(F)cc5)ccc4c23)C(=O)N1. The average Bonchev–Trinajstić information content (AvgIpc) is 3.14. The summed E-state index contributed by atoms with van der Waals surface area (Å²) in [7, 11) is 0. The number of amides is 2. The molecule has 1 saturated heterocycles. The van der Waals surface area contributed by atoms with E-state index in [-0.39, 0.29) is 24.1 Å². The first-order valence-corrected chi connectivity index (χ1v) is 9.18. The quantitative estimate of drug-likeness (QED) is 0.523. The molecule has 0 radical (unpaired) electrons. The zero-order valence-corrected chi connectivity index (χ0v) is 15.1. The summed E-state index contributed by atoms with van der Waals surface area (Å²) in [6.07, 6.45) is 0.666. The number of piperidine rings is 1. The van der Waals surface area contributed by atoms with Crippen LogP contribution in [0, 0.1) is 5.82 Å². The van der Waals surface area contributed by atoms with E-state index in [4.69, 9.17) is 9.26 Å². The summed E-state index contributed by atoms with van der Waals surface area (Å²) < 4.78 is 24.3. The molecule has 0 unspecified atom stereocenters. The number of fused-ring (bicyclic) bond motifs is 3. The molecule has 4 aromatic rings. The van der Waals surface area contributed by atoms with E-state index < -0.39 is 5.92 Å². The molecule has 3 aromatic carbocycles. The Morgan fingerprint density at radius 1 is 1.03 bits per heavy atom. The highest BCUT2D eigenvalue weighted by Crippen LogP contribution is 2.36. The van der Waals surface area contributed by atoms with Gasteiger partial charge in [0.25, 0.3) is 0 Å². The lowest BCUT2D eigenvalue weighted by Crippen LogP contribution is -2.39. The molecule has 0 spiro atoms. The van der Waals surface area contributed by atoms with Crippen LogP contribution in [-0.4, -0.2) is 17.0 Å². The first kappa shape index (κ1) is 17.4. The van der Waals surface area contributed by atoms with Crippen molar-refractivity contribution in [2.45, 2.75) is 18.8 Å². The second-order valence-corrected chi connectivity index (χ2v) is 6.95. The lowest BCUT2D eigenvalue weighted by atomic mass is 9.91. The molecule has 144 valence electrons. The van der Waals surface area contributed by atoms with Crippen LogP contribution in [0.15, 0.2) is 59.1 Å². The van der Waals surface area contributed by atoms with Gasteiger partial charge in [-0.25, -0.2) is 4.39 Å². The maximum Gasteiger partial charge on any atom is 0.235 e. The van der Waals surface area contributed by atoms with Crippen LogP contribution in [0.4, 0.5) is 4.39 Å². The zero-order valence-electron chi connectivity index (χ0n) is 15.1. The number of hydrogen-bond donors (Lipinski definition) is 1. The van der Waals surface area contributed by atoms with Crippen LogP contribution in [0.25, 0.3) is 21.7 Å². The van der Waals surface area contributed by atoms with Crippen molar-refractivity contribution in [1.29, 1.82) is 0 Å². The minimum absolute atomic E-state index is 0.269. The summed E-state index contributed by atoms with van der Waals surface area (Å²) in [4.78, 5) is 23.8. The molecule has 0 aliphatic carbocycles. The van der Waals surface area contributed by atoms with E-state index in [2.05, 4.69) is 10.5 Å². The molecule has 1 N–H and O–H groups in total. The van der Waals surface area contributed by atoms with Crippen molar-refractivity contribution in [3.05, 3.63) is 66.1 Å². The van der Waals surface area contributed by atoms with Crippen LogP contribution in [0.2, 0.25) is 0 Å². The molecule has 1 aliphatic heterocycles. The Morgan fingerprint density at radius 2 is 1.83 bits per heavy atom. The van der Waals surface area contributed by atoms with E-state index in [1.54, 1.807) is 24.3 Å². The van der Waals surface area contributed by atoms with Crippen LogP contribution < -0.4 is 10.1 Å². The molecule has 29 heavy (non-hydrogen) atoms. The summed E-state index contributed by atoms with van der Waals surface area (Å²) in [6.45, 7) is 0. The third-order valence-corrected chi connectivity index (χ3v) is 5.07. The Kier molecular flexibility index (Phi) is 4.01. The van der Waals surface area contributed by atoms with Gasteiger partial charge in [-0.05, 0) is 65.7 Å². The van der Waals surface area contributed by atoms with Crippen molar-refractivity contribution in [3.63, 3.8) is 0 Å². The van der Waals surface area contributed by atoms with Gasteiger partial charge in [0.15, 0.2) is 5.58 Å². The maximum atomic E-state index is 13.1. The highest BCUT2D eigenvalue weighted by Gasteiger charge is 2.32. The van der Waals surface area contributed by atoms with E-state index in [0.717, 1.165) is 16.2 Å². The number of imide groups is 1. The van der Waals surface area contributed by atoms with Gasteiger partial charge in [0.05, 0.1) is 11.3 Å². The Hall–Kier alpha value is -3.74. The van der Waals surface area contributed by atoms with Gasteiger partial charge >= 0.3 is 0 Å². The molecule has 1 fully saturated rings. The molecular weight excluding hydrogens is 375 g/mol. The normalized spacial score (nSPS) is 16.9. The fourth-order valence-electron chi connectivity index (χ4n) is 3.67. The standard InChI is InChI=1S/C22H15FN2O4/c23-13-2-4-14(5-3-13)28-15-6-7-16-12(11-15)1-9-18-20(16)21(25-29-18)17-8-10-19(26)24-22(17)27/h1-7,9,11,17H,8,10H2,(H,24,26,27)/t17-/m0/s1. The molecule has 1 aromatic heterocycles. The molecule has 1 atom stereocenters. The van der Waals surface area contributed by atoms with Crippen molar-refractivity contribution < 1.29 is 23.2 Å². The molecule has 5 rings (SSSR count). The van der Waals surface area contributed by atoms with E-state index in [9.17, 15) is 14.0 Å². The number of benzene rings is 3. The fraction of sp³-hybridized carbons (Fsp3) is 0.136. The number of nitrogens with one attached hydrogen (secondary N) is 1. The van der Waals surface area contributed by atoms with Crippen molar-refractivity contribution >= 4 is 33.6 Å². The lowest BCUT2D eigenvalue weighted by molar-refractivity contribution is -0.134. The summed E-state index contributed by atoms with van der Waals surface area (Å²) >= 11 is 0. The smallest absolute Gasteiger partial charge is 0.235 e. The Labute approximate surface area is 164 Å². The van der Waals surface area contributed by atoms with Crippen molar-refractivity contribution in [2.24, 2.45) is 0 Å². The molecular formula is C22H15FN2O4. The molecule has 1 aliphatic rings. The number of carbonyl (C=O) groups is 2. The van der Waals surface area contributed by atoms with E-state index >= 15 is 0 Å². The predicted molar refractivity (Wildman–Crippen MR) is 103 cm³/mol. The Bertz CT molecular complexity index is 1260. The number of carbonyl (C=O) groups excluding carboxylic acids is 2. The van der Waals surface area contributed by atoms with Gasteiger partial charge in [-0.1, -0.05) is 11.2 Å². The Morgan fingerprint density at radius 3 is 2.62 bits per heavy atom. The highest BCUT2D eigenvalue weighted by atomic mass is 19.1. The second kappa shape index (κ2) is 6.70. The molecule has 0 bridgehead atoms. The third-order valence-electron chi connectivity index (χ3n) is 5.07. The monoisotopic (exact) mass is 390 g/mol. The number of aromatic nitrogens is 1. The number of hydrogen-bond acceptors (Lipinski definition) is 5. The number of ether oxygens (including phenoxy) is 1. The molecule has 0 saturated carbocycles. The van der Waals surface area contributed by atoms with E-state index in [0.29, 0.717) is 29.2 Å². The second-order valence-electron chi connectivity index (χ2n) is 6.95. The molecule has 7 heteroatoms. The van der Waals surface area contributed by atoms with Crippen LogP contribution >= 0.6 is 0 Å². The van der Waals surface area contributed by atoms with Gasteiger partial charge in [0.2, 0.25) is 11.8 Å². The number of halogens is 1. The Balaban J connectivity index is 1.56. The topological polar surface area (TPSA) is 81.4 Å². The first-order valence-electron chi connectivity index (χ1n) is 9.18. The van der Waals surface area contributed by atoms with Crippen LogP contribution in [0.1, 0.15) is 24.5 Å². The van der Waals surface area contributed by atoms with E-state index in [1.807, 2.05) is 18.2 Å². The third kappa shape index (κ3) is 3.10.